The maximum Gasteiger partial charge on any atom is 0.123 e. The van der Waals surface area contributed by atoms with Crippen LogP contribution in [0.5, 0.6) is 0 Å². The summed E-state index contributed by atoms with van der Waals surface area (Å²) in [7, 11) is 1.89. The molecule has 1 heterocycles. The van der Waals surface area contributed by atoms with Crippen LogP contribution in [0.4, 0.5) is 5.82 Å². The van der Waals surface area contributed by atoms with Crippen molar-refractivity contribution in [2.75, 3.05) is 17.7 Å². The standard InChI is InChI=1S/C6H10ClN3/c1-10-6(2-4-9-10)8-5-3-7/h2,4,8H,3,5H2,1H3. The molecule has 10 heavy (non-hydrogen) atoms. The van der Waals surface area contributed by atoms with Gasteiger partial charge >= 0.3 is 0 Å². The van der Waals surface area contributed by atoms with Gasteiger partial charge < -0.3 is 5.32 Å². The molecule has 1 rings (SSSR count). The summed E-state index contributed by atoms with van der Waals surface area (Å²) < 4.78 is 1.77. The van der Waals surface area contributed by atoms with Crippen molar-refractivity contribution in [3.8, 4) is 0 Å². The van der Waals surface area contributed by atoms with Gasteiger partial charge in [-0.25, -0.2) is 0 Å². The number of hydrogen-bond acceptors (Lipinski definition) is 2. The highest BCUT2D eigenvalue weighted by molar-refractivity contribution is 6.18. The summed E-state index contributed by atoms with van der Waals surface area (Å²) in [6.07, 6.45) is 1.75. The fourth-order valence-corrected chi connectivity index (χ4v) is 0.817. The zero-order valence-corrected chi connectivity index (χ0v) is 6.60. The Morgan fingerprint density at radius 2 is 2.60 bits per heavy atom. The Balaban J connectivity index is 2.49. The zero-order chi connectivity index (χ0) is 7.40. The molecule has 0 aromatic carbocycles. The Bertz CT molecular complexity index is 197. The largest absolute Gasteiger partial charge is 0.369 e. The first-order chi connectivity index (χ1) is 4.84. The van der Waals surface area contributed by atoms with Crippen LogP contribution < -0.4 is 5.32 Å². The number of rotatable bonds is 3. The van der Waals surface area contributed by atoms with Crippen LogP contribution >= 0.6 is 11.6 Å². The van der Waals surface area contributed by atoms with Crippen molar-refractivity contribution in [3.63, 3.8) is 0 Å². The topological polar surface area (TPSA) is 29.9 Å². The van der Waals surface area contributed by atoms with E-state index >= 15 is 0 Å². The van der Waals surface area contributed by atoms with Gasteiger partial charge in [-0.2, -0.15) is 5.10 Å². The van der Waals surface area contributed by atoms with E-state index in [1.54, 1.807) is 10.9 Å². The van der Waals surface area contributed by atoms with E-state index in [1.807, 2.05) is 13.1 Å². The number of halogens is 1. The van der Waals surface area contributed by atoms with Gasteiger partial charge in [0.1, 0.15) is 5.82 Å². The van der Waals surface area contributed by atoms with E-state index in [0.717, 1.165) is 12.4 Å². The molecule has 0 saturated carbocycles. The van der Waals surface area contributed by atoms with Crippen LogP contribution in [0.2, 0.25) is 0 Å². The number of hydrogen-bond donors (Lipinski definition) is 1. The molecule has 0 fully saturated rings. The Kier molecular flexibility index (Phi) is 2.57. The Morgan fingerprint density at radius 3 is 3.10 bits per heavy atom. The molecule has 56 valence electrons. The third-order valence-electron chi connectivity index (χ3n) is 1.22. The van der Waals surface area contributed by atoms with E-state index in [-0.39, 0.29) is 0 Å². The summed E-state index contributed by atoms with van der Waals surface area (Å²) in [4.78, 5) is 0. The van der Waals surface area contributed by atoms with Crippen molar-refractivity contribution in [2.45, 2.75) is 0 Å². The molecule has 0 atom stereocenters. The molecule has 0 bridgehead atoms. The first kappa shape index (κ1) is 7.41. The third-order valence-corrected chi connectivity index (χ3v) is 1.41. The van der Waals surface area contributed by atoms with Crippen molar-refractivity contribution in [1.82, 2.24) is 9.78 Å². The van der Waals surface area contributed by atoms with Crippen molar-refractivity contribution in [1.29, 1.82) is 0 Å². The monoisotopic (exact) mass is 159 g/mol. The molecule has 0 amide bonds. The molecule has 0 aliphatic carbocycles. The van der Waals surface area contributed by atoms with Crippen LogP contribution in [-0.2, 0) is 7.05 Å². The van der Waals surface area contributed by atoms with Crippen LogP contribution in [0.1, 0.15) is 0 Å². The predicted molar refractivity (Wildman–Crippen MR) is 42.4 cm³/mol. The summed E-state index contributed by atoms with van der Waals surface area (Å²) in [5.41, 5.74) is 0. The molecule has 3 nitrogen and oxygen atoms in total. The van der Waals surface area contributed by atoms with Crippen molar-refractivity contribution in [3.05, 3.63) is 12.3 Å². The smallest absolute Gasteiger partial charge is 0.123 e. The summed E-state index contributed by atoms with van der Waals surface area (Å²) >= 11 is 5.48. The second-order valence-electron chi connectivity index (χ2n) is 1.96. The van der Waals surface area contributed by atoms with Crippen molar-refractivity contribution < 1.29 is 0 Å². The van der Waals surface area contributed by atoms with Crippen molar-refractivity contribution in [2.24, 2.45) is 7.05 Å². The first-order valence-corrected chi connectivity index (χ1v) is 3.66. The molecular weight excluding hydrogens is 150 g/mol. The molecule has 4 heteroatoms. The lowest BCUT2D eigenvalue weighted by atomic mass is 10.6. The first-order valence-electron chi connectivity index (χ1n) is 3.12. The van der Waals surface area contributed by atoms with Crippen LogP contribution in [0.25, 0.3) is 0 Å². The zero-order valence-electron chi connectivity index (χ0n) is 5.84. The van der Waals surface area contributed by atoms with Gasteiger partial charge in [-0.1, -0.05) is 0 Å². The van der Waals surface area contributed by atoms with Gasteiger partial charge in [-0.05, 0) is 0 Å². The number of aromatic nitrogens is 2. The second-order valence-corrected chi connectivity index (χ2v) is 2.33. The molecule has 0 saturated heterocycles. The third kappa shape index (κ3) is 1.64. The Hall–Kier alpha value is -0.700. The van der Waals surface area contributed by atoms with Gasteiger partial charge in [-0.3, -0.25) is 4.68 Å². The molecule has 1 N–H and O–H groups in total. The minimum atomic E-state index is 0.616. The van der Waals surface area contributed by atoms with Gasteiger partial charge in [0.15, 0.2) is 0 Å². The lowest BCUT2D eigenvalue weighted by molar-refractivity contribution is 0.771. The SMILES string of the molecule is Cn1nccc1NCCCl. The normalized spacial score (nSPS) is 9.80. The van der Waals surface area contributed by atoms with E-state index in [9.17, 15) is 0 Å². The summed E-state index contributed by atoms with van der Waals surface area (Å²) in [5.74, 6) is 1.62. The van der Waals surface area contributed by atoms with E-state index in [1.165, 1.54) is 0 Å². The van der Waals surface area contributed by atoms with Gasteiger partial charge in [0, 0.05) is 25.5 Å². The molecule has 1 aromatic heterocycles. The van der Waals surface area contributed by atoms with Crippen LogP contribution in [0.15, 0.2) is 12.3 Å². The summed E-state index contributed by atoms with van der Waals surface area (Å²) in [6, 6.07) is 1.91. The molecular formula is C6H10ClN3. The number of nitrogens with one attached hydrogen (secondary N) is 1. The van der Waals surface area contributed by atoms with Crippen molar-refractivity contribution >= 4 is 17.4 Å². The van der Waals surface area contributed by atoms with Crippen LogP contribution in [-0.4, -0.2) is 22.2 Å². The predicted octanol–water partition coefficient (Wildman–Crippen LogP) is 1.07. The molecule has 0 unspecified atom stereocenters. The molecule has 0 radical (unpaired) electrons. The van der Waals surface area contributed by atoms with Crippen LogP contribution in [0.3, 0.4) is 0 Å². The number of alkyl halides is 1. The lowest BCUT2D eigenvalue weighted by Crippen LogP contribution is -2.06. The Labute approximate surface area is 65.0 Å². The Morgan fingerprint density at radius 1 is 1.80 bits per heavy atom. The summed E-state index contributed by atoms with van der Waals surface area (Å²) in [6.45, 7) is 0.779. The second kappa shape index (κ2) is 3.46. The van der Waals surface area contributed by atoms with E-state index in [4.69, 9.17) is 11.6 Å². The number of nitrogens with zero attached hydrogens (tertiary/aromatic N) is 2. The molecule has 0 aliphatic heterocycles. The van der Waals surface area contributed by atoms with Gasteiger partial charge in [0.05, 0.1) is 6.20 Å². The average molecular weight is 160 g/mol. The fraction of sp³-hybridized carbons (Fsp3) is 0.500. The van der Waals surface area contributed by atoms with E-state index in [2.05, 4.69) is 10.4 Å². The fourth-order valence-electron chi connectivity index (χ4n) is 0.723. The van der Waals surface area contributed by atoms with Gasteiger partial charge in [-0.15, -0.1) is 11.6 Å². The highest BCUT2D eigenvalue weighted by Gasteiger charge is 1.93. The molecule has 0 aliphatic rings. The minimum Gasteiger partial charge on any atom is -0.369 e. The highest BCUT2D eigenvalue weighted by atomic mass is 35.5. The lowest BCUT2D eigenvalue weighted by Gasteiger charge is -2.02. The number of aryl methyl sites for hydroxylation is 1. The summed E-state index contributed by atoms with van der Waals surface area (Å²) in [5, 5.41) is 7.09. The van der Waals surface area contributed by atoms with E-state index < -0.39 is 0 Å². The minimum absolute atomic E-state index is 0.616. The molecule has 0 spiro atoms. The van der Waals surface area contributed by atoms with Crippen LogP contribution in [0, 0.1) is 0 Å². The highest BCUT2D eigenvalue weighted by Crippen LogP contribution is 2.01. The number of anilines is 1. The molecule has 1 aromatic rings. The van der Waals surface area contributed by atoms with Gasteiger partial charge in [0.2, 0.25) is 0 Å². The quantitative estimate of drug-likeness (QED) is 0.669. The maximum absolute atomic E-state index is 5.48. The maximum atomic E-state index is 5.48. The average Bonchev–Trinajstić information content (AvgIpc) is 2.31. The van der Waals surface area contributed by atoms with E-state index in [0.29, 0.717) is 5.88 Å². The van der Waals surface area contributed by atoms with Gasteiger partial charge in [0.25, 0.3) is 0 Å².